The third-order valence-corrected chi connectivity index (χ3v) is 6.49. The van der Waals surface area contributed by atoms with Crippen molar-refractivity contribution in [2.75, 3.05) is 10.6 Å². The van der Waals surface area contributed by atoms with E-state index in [9.17, 15) is 4.79 Å². The van der Waals surface area contributed by atoms with Gasteiger partial charge in [0, 0.05) is 22.2 Å². The van der Waals surface area contributed by atoms with E-state index < -0.39 is 0 Å². The Morgan fingerprint density at radius 3 is 2.41 bits per heavy atom. The molecule has 3 nitrogen and oxygen atoms in total. The van der Waals surface area contributed by atoms with Crippen molar-refractivity contribution in [1.29, 1.82) is 0 Å². The van der Waals surface area contributed by atoms with E-state index in [-0.39, 0.29) is 17.2 Å². The maximum Gasteiger partial charge on any atom is 0.163 e. The fourth-order valence-corrected chi connectivity index (χ4v) is 4.82. The molecule has 0 fully saturated rings. The van der Waals surface area contributed by atoms with Crippen molar-refractivity contribution < 1.29 is 4.79 Å². The van der Waals surface area contributed by atoms with Crippen LogP contribution in [-0.2, 0) is 4.79 Å². The van der Waals surface area contributed by atoms with Crippen LogP contribution in [0.3, 0.4) is 0 Å². The van der Waals surface area contributed by atoms with Gasteiger partial charge in [-0.05, 0) is 60.6 Å². The SMILES string of the molecule is Cc1cc2c(cc1C)N[C@H](/C(Br)=C/c1ccccc1)C1=C(CC(C)(C)CC1=O)N2. The Bertz CT molecular complexity index is 1030. The van der Waals surface area contributed by atoms with E-state index in [1.807, 2.05) is 18.2 Å². The van der Waals surface area contributed by atoms with Gasteiger partial charge in [-0.1, -0.05) is 60.1 Å². The minimum Gasteiger partial charge on any atom is -0.372 e. The summed E-state index contributed by atoms with van der Waals surface area (Å²) >= 11 is 3.80. The van der Waals surface area contributed by atoms with Crippen LogP contribution in [0.15, 0.2) is 58.2 Å². The summed E-state index contributed by atoms with van der Waals surface area (Å²) in [6.07, 6.45) is 3.51. The summed E-state index contributed by atoms with van der Waals surface area (Å²) in [4.78, 5) is 13.3. The molecular formula is C25H27BrN2O. The van der Waals surface area contributed by atoms with Gasteiger partial charge in [-0.3, -0.25) is 4.79 Å². The van der Waals surface area contributed by atoms with E-state index in [1.54, 1.807) is 0 Å². The van der Waals surface area contributed by atoms with Crippen molar-refractivity contribution >= 4 is 39.2 Å². The molecular weight excluding hydrogens is 424 g/mol. The van der Waals surface area contributed by atoms with Crippen LogP contribution >= 0.6 is 15.9 Å². The number of carbonyl (C=O) groups is 1. The molecule has 1 aliphatic carbocycles. The van der Waals surface area contributed by atoms with Crippen LogP contribution in [0, 0.1) is 19.3 Å². The van der Waals surface area contributed by atoms with E-state index in [0.29, 0.717) is 6.42 Å². The number of carbonyl (C=O) groups excluding carboxylic acids is 1. The number of hydrogen-bond donors (Lipinski definition) is 2. The maximum absolute atomic E-state index is 13.3. The predicted molar refractivity (Wildman–Crippen MR) is 125 cm³/mol. The molecule has 4 heteroatoms. The number of fused-ring (bicyclic) bond motifs is 1. The topological polar surface area (TPSA) is 41.1 Å². The third kappa shape index (κ3) is 4.04. The first-order chi connectivity index (χ1) is 13.7. The summed E-state index contributed by atoms with van der Waals surface area (Å²) in [5.74, 6) is 0.209. The van der Waals surface area contributed by atoms with Crippen LogP contribution in [0.2, 0.25) is 0 Å². The van der Waals surface area contributed by atoms with Crippen LogP contribution in [0.1, 0.15) is 43.4 Å². The van der Waals surface area contributed by atoms with Crippen LogP contribution in [0.25, 0.3) is 6.08 Å². The summed E-state index contributed by atoms with van der Waals surface area (Å²) in [6, 6.07) is 14.3. The molecule has 0 unspecified atom stereocenters. The number of allylic oxidation sites excluding steroid dienone is 1. The van der Waals surface area contributed by atoms with E-state index in [2.05, 4.69) is 84.6 Å². The zero-order valence-electron chi connectivity index (χ0n) is 17.4. The van der Waals surface area contributed by atoms with E-state index in [0.717, 1.165) is 39.1 Å². The van der Waals surface area contributed by atoms with Crippen LogP contribution in [0.4, 0.5) is 11.4 Å². The normalized spacial score (nSPS) is 20.9. The first kappa shape index (κ1) is 20.0. The van der Waals surface area contributed by atoms with Gasteiger partial charge in [0.15, 0.2) is 5.78 Å². The summed E-state index contributed by atoms with van der Waals surface area (Å²) in [5, 5.41) is 7.26. The van der Waals surface area contributed by atoms with Gasteiger partial charge in [0.05, 0.1) is 17.4 Å². The van der Waals surface area contributed by atoms with Crippen LogP contribution < -0.4 is 10.6 Å². The Kier molecular flexibility index (Phi) is 5.16. The molecule has 0 spiro atoms. The number of nitrogens with one attached hydrogen (secondary N) is 2. The fraction of sp³-hybridized carbons (Fsp3) is 0.320. The second-order valence-corrected chi connectivity index (χ2v) is 9.87. The summed E-state index contributed by atoms with van der Waals surface area (Å²) in [5.41, 5.74) is 7.45. The summed E-state index contributed by atoms with van der Waals surface area (Å²) < 4.78 is 0.956. The lowest BCUT2D eigenvalue weighted by atomic mass is 9.74. The van der Waals surface area contributed by atoms with Crippen molar-refractivity contribution in [3.05, 3.63) is 74.9 Å². The molecule has 0 bridgehead atoms. The second kappa shape index (κ2) is 7.49. The molecule has 0 radical (unpaired) electrons. The largest absolute Gasteiger partial charge is 0.372 e. The lowest BCUT2D eigenvalue weighted by Gasteiger charge is -2.34. The molecule has 0 amide bonds. The monoisotopic (exact) mass is 450 g/mol. The molecule has 2 aliphatic rings. The zero-order valence-corrected chi connectivity index (χ0v) is 19.0. The van der Waals surface area contributed by atoms with E-state index in [1.165, 1.54) is 11.1 Å². The lowest BCUT2D eigenvalue weighted by Crippen LogP contribution is -2.35. The van der Waals surface area contributed by atoms with E-state index >= 15 is 0 Å². The number of benzene rings is 2. The number of aryl methyl sites for hydroxylation is 2. The highest BCUT2D eigenvalue weighted by Crippen LogP contribution is 2.44. The minimum absolute atomic E-state index is 0.0483. The Morgan fingerprint density at radius 2 is 1.72 bits per heavy atom. The standard InChI is InChI=1S/C25H27BrN2O/c1-15-10-19-20(11-16(15)2)28-24(18(26)12-17-8-6-5-7-9-17)23-21(27-19)13-25(3,4)14-22(23)29/h5-12,24,27-28H,13-14H2,1-4H3/b18-12-/t24-/m1/s1. The van der Waals surface area contributed by atoms with Gasteiger partial charge in [0.2, 0.25) is 0 Å². The molecule has 0 saturated heterocycles. The molecule has 2 aromatic rings. The molecule has 150 valence electrons. The Hall–Kier alpha value is -2.33. The summed E-state index contributed by atoms with van der Waals surface area (Å²) in [7, 11) is 0. The Labute approximate surface area is 181 Å². The van der Waals surface area contributed by atoms with Crippen LogP contribution in [0.5, 0.6) is 0 Å². The molecule has 0 saturated carbocycles. The lowest BCUT2D eigenvalue weighted by molar-refractivity contribution is -0.118. The molecule has 29 heavy (non-hydrogen) atoms. The molecule has 2 aromatic carbocycles. The average molecular weight is 451 g/mol. The van der Waals surface area contributed by atoms with Gasteiger partial charge in [-0.2, -0.15) is 0 Å². The molecule has 4 rings (SSSR count). The number of halogens is 1. The molecule has 1 aliphatic heterocycles. The van der Waals surface area contributed by atoms with E-state index in [4.69, 9.17) is 0 Å². The number of rotatable bonds is 2. The Balaban J connectivity index is 1.85. The number of anilines is 2. The second-order valence-electron chi connectivity index (χ2n) is 8.96. The first-order valence-electron chi connectivity index (χ1n) is 10.1. The highest BCUT2D eigenvalue weighted by molar-refractivity contribution is 9.11. The molecule has 1 heterocycles. The fourth-order valence-electron chi connectivity index (χ4n) is 4.21. The number of hydrogen-bond acceptors (Lipinski definition) is 3. The van der Waals surface area contributed by atoms with Gasteiger partial charge in [0.25, 0.3) is 0 Å². The van der Waals surface area contributed by atoms with Gasteiger partial charge >= 0.3 is 0 Å². The van der Waals surface area contributed by atoms with Crippen molar-refractivity contribution in [3.8, 4) is 0 Å². The molecule has 2 N–H and O–H groups in total. The van der Waals surface area contributed by atoms with Crippen molar-refractivity contribution in [2.45, 2.75) is 46.6 Å². The molecule has 1 atom stereocenters. The van der Waals surface area contributed by atoms with Gasteiger partial charge < -0.3 is 10.6 Å². The highest BCUT2D eigenvalue weighted by Gasteiger charge is 2.39. The highest BCUT2D eigenvalue weighted by atomic mass is 79.9. The minimum atomic E-state index is -0.218. The average Bonchev–Trinajstić information content (AvgIpc) is 2.78. The smallest absolute Gasteiger partial charge is 0.163 e. The van der Waals surface area contributed by atoms with Crippen molar-refractivity contribution in [1.82, 2.24) is 0 Å². The number of Topliss-reactive ketones (excluding diaryl/α,β-unsaturated/α-hetero) is 1. The predicted octanol–water partition coefficient (Wildman–Crippen LogP) is 6.59. The first-order valence-corrected chi connectivity index (χ1v) is 10.9. The quantitative estimate of drug-likeness (QED) is 0.541. The zero-order chi connectivity index (χ0) is 20.8. The maximum atomic E-state index is 13.3. The third-order valence-electron chi connectivity index (χ3n) is 5.81. The van der Waals surface area contributed by atoms with Crippen molar-refractivity contribution in [3.63, 3.8) is 0 Å². The Morgan fingerprint density at radius 1 is 1.07 bits per heavy atom. The van der Waals surface area contributed by atoms with Gasteiger partial charge in [0.1, 0.15) is 0 Å². The van der Waals surface area contributed by atoms with Crippen molar-refractivity contribution in [2.24, 2.45) is 5.41 Å². The van der Waals surface area contributed by atoms with Gasteiger partial charge in [-0.15, -0.1) is 0 Å². The number of ketones is 1. The van der Waals surface area contributed by atoms with Gasteiger partial charge in [-0.25, -0.2) is 0 Å². The molecule has 0 aromatic heterocycles. The summed E-state index contributed by atoms with van der Waals surface area (Å²) in [6.45, 7) is 8.57. The van der Waals surface area contributed by atoms with Crippen LogP contribution in [-0.4, -0.2) is 11.8 Å².